The van der Waals surface area contributed by atoms with Crippen molar-refractivity contribution in [3.63, 3.8) is 0 Å². The molecule has 21 heavy (non-hydrogen) atoms. The topological polar surface area (TPSA) is 53.1 Å². The standard InChI is InChI=1S/C15H8Cl3NO2/c16-9-1-7(2-10(17)5-9)8-3-12(18)11-6-14(15(20)21)19-13(11)4-8/h1-6,19H,(H,20,21). The van der Waals surface area contributed by atoms with E-state index in [1.807, 2.05) is 6.07 Å². The highest BCUT2D eigenvalue weighted by Crippen LogP contribution is 2.33. The van der Waals surface area contributed by atoms with Crippen LogP contribution in [0.15, 0.2) is 36.4 Å². The fourth-order valence-electron chi connectivity index (χ4n) is 2.20. The van der Waals surface area contributed by atoms with Crippen molar-refractivity contribution in [2.75, 3.05) is 0 Å². The van der Waals surface area contributed by atoms with Crippen LogP contribution in [0.3, 0.4) is 0 Å². The van der Waals surface area contributed by atoms with E-state index in [0.717, 1.165) is 11.1 Å². The summed E-state index contributed by atoms with van der Waals surface area (Å²) in [6, 6.07) is 10.3. The molecule has 0 aliphatic heterocycles. The molecule has 6 heteroatoms. The predicted molar refractivity (Wildman–Crippen MR) is 85.7 cm³/mol. The lowest BCUT2D eigenvalue weighted by atomic mass is 10.0. The lowest BCUT2D eigenvalue weighted by Crippen LogP contribution is -1.94. The van der Waals surface area contributed by atoms with Crippen LogP contribution in [0.4, 0.5) is 0 Å². The first-order chi connectivity index (χ1) is 9.94. The minimum atomic E-state index is -1.03. The lowest BCUT2D eigenvalue weighted by molar-refractivity contribution is 0.0691. The first-order valence-corrected chi connectivity index (χ1v) is 7.09. The number of fused-ring (bicyclic) bond motifs is 1. The number of aromatic amines is 1. The van der Waals surface area contributed by atoms with Crippen LogP contribution >= 0.6 is 34.8 Å². The highest BCUT2D eigenvalue weighted by atomic mass is 35.5. The van der Waals surface area contributed by atoms with Crippen molar-refractivity contribution in [2.24, 2.45) is 0 Å². The van der Waals surface area contributed by atoms with Crippen LogP contribution in [-0.4, -0.2) is 16.1 Å². The van der Waals surface area contributed by atoms with Gasteiger partial charge in [0.25, 0.3) is 0 Å². The van der Waals surface area contributed by atoms with E-state index in [1.165, 1.54) is 6.07 Å². The average Bonchev–Trinajstić information content (AvgIpc) is 2.82. The molecule has 3 rings (SSSR count). The van der Waals surface area contributed by atoms with Gasteiger partial charge in [0.05, 0.1) is 5.02 Å². The van der Waals surface area contributed by atoms with Gasteiger partial charge in [-0.2, -0.15) is 0 Å². The maximum absolute atomic E-state index is 11.0. The molecule has 0 aliphatic carbocycles. The van der Waals surface area contributed by atoms with Crippen LogP contribution in [0.1, 0.15) is 10.5 Å². The van der Waals surface area contributed by atoms with E-state index in [0.29, 0.717) is 26.0 Å². The number of aromatic carboxylic acids is 1. The summed E-state index contributed by atoms with van der Waals surface area (Å²) in [5.41, 5.74) is 2.35. The van der Waals surface area contributed by atoms with E-state index in [2.05, 4.69) is 4.98 Å². The molecular formula is C15H8Cl3NO2. The number of carbonyl (C=O) groups is 1. The summed E-state index contributed by atoms with van der Waals surface area (Å²) < 4.78 is 0. The number of nitrogens with one attached hydrogen (secondary N) is 1. The van der Waals surface area contributed by atoms with Crippen molar-refractivity contribution in [1.29, 1.82) is 0 Å². The van der Waals surface area contributed by atoms with Gasteiger partial charge in [0.1, 0.15) is 5.69 Å². The van der Waals surface area contributed by atoms with Gasteiger partial charge in [-0.15, -0.1) is 0 Å². The molecule has 0 atom stereocenters. The van der Waals surface area contributed by atoms with Gasteiger partial charge in [-0.1, -0.05) is 34.8 Å². The molecule has 3 nitrogen and oxygen atoms in total. The van der Waals surface area contributed by atoms with E-state index in [4.69, 9.17) is 39.9 Å². The zero-order valence-corrected chi connectivity index (χ0v) is 12.7. The molecule has 0 bridgehead atoms. The normalized spacial score (nSPS) is 11.0. The van der Waals surface area contributed by atoms with E-state index in [9.17, 15) is 4.79 Å². The van der Waals surface area contributed by atoms with Gasteiger partial charge in [0, 0.05) is 20.9 Å². The van der Waals surface area contributed by atoms with Gasteiger partial charge in [0.15, 0.2) is 0 Å². The number of carboxylic acids is 1. The molecule has 0 saturated carbocycles. The first-order valence-electron chi connectivity index (χ1n) is 5.96. The summed E-state index contributed by atoms with van der Waals surface area (Å²) in [5.74, 6) is -1.03. The van der Waals surface area contributed by atoms with Crippen molar-refractivity contribution in [3.05, 3.63) is 57.2 Å². The van der Waals surface area contributed by atoms with Gasteiger partial charge in [-0.25, -0.2) is 4.79 Å². The molecule has 0 saturated heterocycles. The maximum atomic E-state index is 11.0. The molecule has 0 fully saturated rings. The summed E-state index contributed by atoms with van der Waals surface area (Å²) >= 11 is 18.2. The van der Waals surface area contributed by atoms with Crippen LogP contribution in [-0.2, 0) is 0 Å². The van der Waals surface area contributed by atoms with E-state index in [-0.39, 0.29) is 5.69 Å². The Labute approximate surface area is 135 Å². The molecule has 0 spiro atoms. The van der Waals surface area contributed by atoms with Gasteiger partial charge >= 0.3 is 5.97 Å². The van der Waals surface area contributed by atoms with Crippen LogP contribution in [0.2, 0.25) is 15.1 Å². The second-order valence-corrected chi connectivity index (χ2v) is 5.85. The average molecular weight is 341 g/mol. The van der Waals surface area contributed by atoms with Crippen molar-refractivity contribution in [2.45, 2.75) is 0 Å². The quantitative estimate of drug-likeness (QED) is 0.648. The molecule has 0 radical (unpaired) electrons. The second kappa shape index (κ2) is 5.26. The van der Waals surface area contributed by atoms with Crippen molar-refractivity contribution < 1.29 is 9.90 Å². The Balaban J connectivity index is 2.22. The molecule has 106 valence electrons. The van der Waals surface area contributed by atoms with Gasteiger partial charge in [-0.3, -0.25) is 0 Å². The molecule has 0 aliphatic rings. The lowest BCUT2D eigenvalue weighted by Gasteiger charge is -2.05. The number of aromatic nitrogens is 1. The summed E-state index contributed by atoms with van der Waals surface area (Å²) in [5, 5.41) is 11.2. The number of carboxylic acid groups (broad SMARTS) is 1. The Bertz CT molecular complexity index is 850. The number of hydrogen-bond acceptors (Lipinski definition) is 1. The number of halogens is 3. The van der Waals surface area contributed by atoms with Crippen molar-refractivity contribution >= 4 is 51.7 Å². The molecule has 2 N–H and O–H groups in total. The fraction of sp³-hybridized carbons (Fsp3) is 0. The highest BCUT2D eigenvalue weighted by molar-refractivity contribution is 6.36. The van der Waals surface area contributed by atoms with E-state index < -0.39 is 5.97 Å². The molecule has 0 amide bonds. The number of rotatable bonds is 2. The van der Waals surface area contributed by atoms with E-state index in [1.54, 1.807) is 24.3 Å². The smallest absolute Gasteiger partial charge is 0.352 e. The monoisotopic (exact) mass is 339 g/mol. The number of benzene rings is 2. The Morgan fingerprint density at radius 1 is 0.905 bits per heavy atom. The Morgan fingerprint density at radius 3 is 2.14 bits per heavy atom. The minimum Gasteiger partial charge on any atom is -0.477 e. The minimum absolute atomic E-state index is 0.0909. The molecule has 3 aromatic rings. The maximum Gasteiger partial charge on any atom is 0.352 e. The van der Waals surface area contributed by atoms with Crippen LogP contribution in [0, 0.1) is 0 Å². The SMILES string of the molecule is O=C(O)c1cc2c(Cl)cc(-c3cc(Cl)cc(Cl)c3)cc2[nH]1. The van der Waals surface area contributed by atoms with Crippen LogP contribution in [0.5, 0.6) is 0 Å². The van der Waals surface area contributed by atoms with Gasteiger partial charge in [-0.05, 0) is 47.5 Å². The highest BCUT2D eigenvalue weighted by Gasteiger charge is 2.12. The molecule has 2 aromatic carbocycles. The predicted octanol–water partition coefficient (Wildman–Crippen LogP) is 5.49. The van der Waals surface area contributed by atoms with Gasteiger partial charge in [0.2, 0.25) is 0 Å². The Kier molecular flexibility index (Phi) is 3.57. The third-order valence-corrected chi connectivity index (χ3v) is 3.86. The Hall–Kier alpha value is -1.68. The molecule has 0 unspecified atom stereocenters. The zero-order valence-electron chi connectivity index (χ0n) is 10.5. The fourth-order valence-corrected chi connectivity index (χ4v) is 3.00. The van der Waals surface area contributed by atoms with E-state index >= 15 is 0 Å². The van der Waals surface area contributed by atoms with Crippen molar-refractivity contribution in [3.8, 4) is 11.1 Å². The molecular weight excluding hydrogens is 333 g/mol. The number of H-pyrrole nitrogens is 1. The summed E-state index contributed by atoms with van der Waals surface area (Å²) in [6.45, 7) is 0. The molecule has 1 heterocycles. The molecule has 1 aromatic heterocycles. The second-order valence-electron chi connectivity index (χ2n) is 4.57. The first kappa shape index (κ1) is 14.3. The van der Waals surface area contributed by atoms with Crippen LogP contribution < -0.4 is 0 Å². The largest absolute Gasteiger partial charge is 0.477 e. The Morgan fingerprint density at radius 2 is 1.52 bits per heavy atom. The summed E-state index contributed by atoms with van der Waals surface area (Å²) in [4.78, 5) is 13.8. The van der Waals surface area contributed by atoms with Gasteiger partial charge < -0.3 is 10.1 Å². The number of hydrogen-bond donors (Lipinski definition) is 2. The zero-order chi connectivity index (χ0) is 15.1. The summed E-state index contributed by atoms with van der Waals surface area (Å²) in [6.07, 6.45) is 0. The summed E-state index contributed by atoms with van der Waals surface area (Å²) in [7, 11) is 0. The third kappa shape index (κ3) is 2.72. The van der Waals surface area contributed by atoms with Crippen molar-refractivity contribution in [1.82, 2.24) is 4.98 Å². The third-order valence-electron chi connectivity index (χ3n) is 3.11. The van der Waals surface area contributed by atoms with Crippen LogP contribution in [0.25, 0.3) is 22.0 Å².